The zero-order chi connectivity index (χ0) is 30.5. The van der Waals surface area contributed by atoms with Gasteiger partial charge in [0, 0.05) is 17.9 Å². The lowest BCUT2D eigenvalue weighted by Crippen LogP contribution is -2.70. The Balaban J connectivity index is 1.72. The number of carbonyl (C=O) groups excluding carboxylic acids is 4. The number of alkyl halides is 2. The van der Waals surface area contributed by atoms with Gasteiger partial charge in [-0.2, -0.15) is 0 Å². The molecule has 9 nitrogen and oxygen atoms in total. The number of carbonyl (C=O) groups is 4. The van der Waals surface area contributed by atoms with Crippen molar-refractivity contribution in [2.24, 2.45) is 28.1 Å². The van der Waals surface area contributed by atoms with Crippen LogP contribution >= 0.6 is 0 Å². The summed E-state index contributed by atoms with van der Waals surface area (Å²) < 4.78 is 48.5. The van der Waals surface area contributed by atoms with Gasteiger partial charge in [0.2, 0.25) is 0 Å². The Morgan fingerprint density at radius 1 is 1.12 bits per heavy atom. The Morgan fingerprint density at radius 3 is 2.41 bits per heavy atom. The number of nitrogens with one attached hydrogen (secondary N) is 1. The molecule has 0 radical (unpaired) electrons. The Bertz CT molecular complexity index is 1170. The summed E-state index contributed by atoms with van der Waals surface area (Å²) in [5, 5.41) is 14.2. The summed E-state index contributed by atoms with van der Waals surface area (Å²) in [6.45, 7) is 9.01. The summed E-state index contributed by atoms with van der Waals surface area (Å²) in [6, 6.07) is 0. The Hall–Kier alpha value is -2.82. The van der Waals surface area contributed by atoms with Gasteiger partial charge in [-0.3, -0.25) is 9.59 Å². The molecule has 0 aromatic carbocycles. The molecule has 0 aromatic rings. The van der Waals surface area contributed by atoms with E-state index in [0.29, 0.717) is 6.42 Å². The highest BCUT2D eigenvalue weighted by Crippen LogP contribution is 2.72. The number of Topliss-reactive ketones (excluding diaryl/α,β-unsaturated/α-hetero) is 1. The molecular weight excluding hydrogens is 540 g/mol. The van der Waals surface area contributed by atoms with E-state index in [-0.39, 0.29) is 31.4 Å². The molecule has 11 heteroatoms. The van der Waals surface area contributed by atoms with Crippen LogP contribution < -0.4 is 5.32 Å². The van der Waals surface area contributed by atoms with Crippen molar-refractivity contribution in [2.45, 2.75) is 97.4 Å². The summed E-state index contributed by atoms with van der Waals surface area (Å²) in [5.41, 5.74) is -6.32. The molecule has 1 amide bonds. The van der Waals surface area contributed by atoms with Crippen molar-refractivity contribution in [3.05, 3.63) is 23.8 Å². The maximum absolute atomic E-state index is 17.4. The highest BCUT2D eigenvalue weighted by molar-refractivity contribution is 6.01. The summed E-state index contributed by atoms with van der Waals surface area (Å²) in [4.78, 5) is 50.6. The van der Waals surface area contributed by atoms with Crippen molar-refractivity contribution in [1.29, 1.82) is 0 Å². The fraction of sp³-hybridized carbons (Fsp3) is 0.733. The number of ether oxygens (including phenoxy) is 3. The van der Waals surface area contributed by atoms with Gasteiger partial charge >= 0.3 is 12.2 Å². The van der Waals surface area contributed by atoms with Crippen LogP contribution in [0.25, 0.3) is 0 Å². The van der Waals surface area contributed by atoms with Gasteiger partial charge in [-0.25, -0.2) is 18.4 Å². The van der Waals surface area contributed by atoms with E-state index in [1.807, 2.05) is 0 Å². The average Bonchev–Trinajstić information content (AvgIpc) is 3.16. The first-order valence-electron chi connectivity index (χ1n) is 14.3. The van der Waals surface area contributed by atoms with E-state index in [0.717, 1.165) is 6.08 Å². The number of hydrogen-bond donors (Lipinski definition) is 2. The number of aliphatic hydroxyl groups excluding tert-OH is 1. The molecular formula is C30H41F2NO8. The molecule has 4 aliphatic rings. The SMILES string of the molecule is CC(C)OC(=O)NC[C@]1(C(=O)COC(=O)OC(C)C)CC[C@H]2[C@@H]3C[C@H](F)C4=CC(=O)C=C[C@]4(C)[C@@]3(F)[C@@H](O)C[C@@]21C. The van der Waals surface area contributed by atoms with Gasteiger partial charge in [0.15, 0.2) is 23.8 Å². The van der Waals surface area contributed by atoms with Gasteiger partial charge in [0.25, 0.3) is 0 Å². The average molecular weight is 582 g/mol. The number of alkyl carbamates (subject to hydrolysis) is 1. The lowest BCUT2D eigenvalue weighted by molar-refractivity contribution is -0.211. The number of rotatable bonds is 7. The number of fused-ring (bicyclic) bond motifs is 5. The molecule has 0 unspecified atom stereocenters. The molecule has 0 aliphatic heterocycles. The van der Waals surface area contributed by atoms with Crippen molar-refractivity contribution in [2.75, 3.05) is 13.2 Å². The zero-order valence-corrected chi connectivity index (χ0v) is 24.5. The fourth-order valence-corrected chi connectivity index (χ4v) is 8.14. The van der Waals surface area contributed by atoms with Crippen LogP contribution in [0.5, 0.6) is 0 Å². The third-order valence-corrected chi connectivity index (χ3v) is 10.1. The molecule has 8 atom stereocenters. The van der Waals surface area contributed by atoms with E-state index in [1.54, 1.807) is 34.6 Å². The summed E-state index contributed by atoms with van der Waals surface area (Å²) in [5.74, 6) is -2.50. The largest absolute Gasteiger partial charge is 0.508 e. The number of halogens is 2. The van der Waals surface area contributed by atoms with Gasteiger partial charge in [-0.1, -0.05) is 13.0 Å². The first-order valence-corrected chi connectivity index (χ1v) is 14.3. The predicted molar refractivity (Wildman–Crippen MR) is 143 cm³/mol. The minimum absolute atomic E-state index is 0.0157. The van der Waals surface area contributed by atoms with Crippen LogP contribution in [0.4, 0.5) is 18.4 Å². The molecule has 3 saturated carbocycles. The van der Waals surface area contributed by atoms with E-state index >= 15 is 8.78 Å². The Morgan fingerprint density at radius 2 is 1.78 bits per heavy atom. The monoisotopic (exact) mass is 581 g/mol. The molecule has 4 rings (SSSR count). The van der Waals surface area contributed by atoms with Crippen LogP contribution in [-0.2, 0) is 23.8 Å². The van der Waals surface area contributed by atoms with Gasteiger partial charge in [0.1, 0.15) is 6.17 Å². The van der Waals surface area contributed by atoms with E-state index in [9.17, 15) is 24.3 Å². The molecule has 0 bridgehead atoms. The second-order valence-electron chi connectivity index (χ2n) is 12.9. The molecule has 2 N–H and O–H groups in total. The van der Waals surface area contributed by atoms with Gasteiger partial charge in [-0.15, -0.1) is 0 Å². The quantitative estimate of drug-likeness (QED) is 0.419. The summed E-state index contributed by atoms with van der Waals surface area (Å²) in [7, 11) is 0. The van der Waals surface area contributed by atoms with E-state index < -0.39 is 88.7 Å². The van der Waals surface area contributed by atoms with Gasteiger partial charge in [0.05, 0.1) is 23.7 Å². The van der Waals surface area contributed by atoms with Crippen molar-refractivity contribution in [3.8, 4) is 0 Å². The number of aliphatic hydroxyl groups is 1. The molecule has 4 aliphatic carbocycles. The molecule has 0 heterocycles. The van der Waals surface area contributed by atoms with Crippen molar-refractivity contribution in [3.63, 3.8) is 0 Å². The van der Waals surface area contributed by atoms with Crippen molar-refractivity contribution >= 4 is 23.8 Å². The van der Waals surface area contributed by atoms with Crippen molar-refractivity contribution in [1.82, 2.24) is 5.32 Å². The second kappa shape index (κ2) is 10.8. The molecule has 3 fully saturated rings. The van der Waals surface area contributed by atoms with Crippen LogP contribution in [0.3, 0.4) is 0 Å². The minimum atomic E-state index is -2.30. The van der Waals surface area contributed by atoms with Crippen LogP contribution in [0, 0.1) is 28.1 Å². The van der Waals surface area contributed by atoms with E-state index in [2.05, 4.69) is 5.32 Å². The van der Waals surface area contributed by atoms with E-state index in [4.69, 9.17) is 14.2 Å². The molecule has 0 spiro atoms. The predicted octanol–water partition coefficient (Wildman–Crippen LogP) is 4.56. The van der Waals surface area contributed by atoms with Crippen LogP contribution in [0.2, 0.25) is 0 Å². The van der Waals surface area contributed by atoms with Crippen molar-refractivity contribution < 1.29 is 47.3 Å². The first kappa shape index (κ1) is 31.1. The fourth-order valence-electron chi connectivity index (χ4n) is 8.14. The normalized spacial score (nSPS) is 39.4. The lowest BCUT2D eigenvalue weighted by atomic mass is 9.43. The third kappa shape index (κ3) is 4.87. The first-order chi connectivity index (χ1) is 19.0. The van der Waals surface area contributed by atoms with E-state index in [1.165, 1.54) is 19.1 Å². The lowest BCUT2D eigenvalue weighted by Gasteiger charge is -2.63. The van der Waals surface area contributed by atoms with Gasteiger partial charge in [-0.05, 0) is 89.4 Å². The summed E-state index contributed by atoms with van der Waals surface area (Å²) >= 11 is 0. The smallest absolute Gasteiger partial charge is 0.447 e. The molecule has 41 heavy (non-hydrogen) atoms. The highest BCUT2D eigenvalue weighted by atomic mass is 19.1. The Kier molecular flexibility index (Phi) is 8.19. The maximum atomic E-state index is 17.4. The number of ketones is 2. The topological polar surface area (TPSA) is 128 Å². The zero-order valence-electron chi connectivity index (χ0n) is 24.5. The number of allylic oxidation sites excluding steroid dienone is 4. The molecule has 0 aromatic heterocycles. The standard InChI is InChI=1S/C30H41F2NO8/c1-16(2)40-25(37)33-15-29(24(36)14-39-26(38)41-17(3)4)10-8-19-20-12-22(31)21-11-18(34)7-9-27(21,5)30(20,32)23(35)13-28(19,29)6/h7,9,11,16-17,19-20,22-23,35H,8,10,12-15H2,1-6H3,(H,33,37)/t19-,20-,22-,23-,27-,28-,29-,30-/m0/s1. The third-order valence-electron chi connectivity index (χ3n) is 10.1. The van der Waals surface area contributed by atoms with Crippen LogP contribution in [-0.4, -0.2) is 72.2 Å². The number of amides is 1. The molecule has 0 saturated heterocycles. The highest BCUT2D eigenvalue weighted by Gasteiger charge is 2.75. The summed E-state index contributed by atoms with van der Waals surface area (Å²) in [6.07, 6.45) is -2.15. The molecule has 228 valence electrons. The minimum Gasteiger partial charge on any atom is -0.447 e. The Labute approximate surface area is 239 Å². The number of hydrogen-bond acceptors (Lipinski definition) is 8. The second-order valence-corrected chi connectivity index (χ2v) is 12.9. The van der Waals surface area contributed by atoms with Gasteiger partial charge < -0.3 is 24.6 Å². The van der Waals surface area contributed by atoms with Crippen LogP contribution in [0.1, 0.15) is 67.2 Å². The maximum Gasteiger partial charge on any atom is 0.508 e. The van der Waals surface area contributed by atoms with Crippen LogP contribution in [0.15, 0.2) is 23.8 Å².